The third kappa shape index (κ3) is 2.19. The van der Waals surface area contributed by atoms with E-state index < -0.39 is 0 Å². The molecule has 0 spiro atoms. The monoisotopic (exact) mass is 216 g/mol. The Balaban J connectivity index is 2.15. The third-order valence-electron chi connectivity index (χ3n) is 2.56. The summed E-state index contributed by atoms with van der Waals surface area (Å²) in [4.78, 5) is 0. The van der Waals surface area contributed by atoms with Gasteiger partial charge in [-0.1, -0.05) is 6.07 Å². The van der Waals surface area contributed by atoms with Crippen LogP contribution in [0, 0.1) is 13.8 Å². The van der Waals surface area contributed by atoms with Gasteiger partial charge < -0.3 is 15.5 Å². The van der Waals surface area contributed by atoms with Crippen molar-refractivity contribution >= 4 is 11.4 Å². The van der Waals surface area contributed by atoms with Gasteiger partial charge in [-0.05, 0) is 43.2 Å². The number of hydrogen-bond donors (Lipinski definition) is 2. The van der Waals surface area contributed by atoms with Crippen LogP contribution >= 0.6 is 0 Å². The third-order valence-corrected chi connectivity index (χ3v) is 2.56. The summed E-state index contributed by atoms with van der Waals surface area (Å²) in [6, 6.07) is 7.94. The standard InChI is InChI=1S/C13H16N2O/c1-9-6-10(2)13(14)12(7-9)15-8-11-4-3-5-16-11/h3-7,15H,8,14H2,1-2H3. The van der Waals surface area contributed by atoms with Crippen molar-refractivity contribution in [3.8, 4) is 0 Å². The van der Waals surface area contributed by atoms with E-state index >= 15 is 0 Å². The van der Waals surface area contributed by atoms with E-state index in [0.717, 1.165) is 22.7 Å². The van der Waals surface area contributed by atoms with Gasteiger partial charge in [-0.3, -0.25) is 0 Å². The normalized spacial score (nSPS) is 10.4. The molecule has 0 fully saturated rings. The number of benzene rings is 1. The highest BCUT2D eigenvalue weighted by molar-refractivity contribution is 5.70. The molecule has 0 bridgehead atoms. The van der Waals surface area contributed by atoms with E-state index in [-0.39, 0.29) is 0 Å². The maximum atomic E-state index is 6.00. The number of aryl methyl sites for hydroxylation is 2. The molecule has 0 aliphatic rings. The van der Waals surface area contributed by atoms with Gasteiger partial charge in [-0.25, -0.2) is 0 Å². The highest BCUT2D eigenvalue weighted by Gasteiger charge is 2.03. The topological polar surface area (TPSA) is 51.2 Å². The van der Waals surface area contributed by atoms with E-state index in [1.165, 1.54) is 5.56 Å². The minimum atomic E-state index is 0.653. The van der Waals surface area contributed by atoms with E-state index in [1.807, 2.05) is 25.1 Å². The molecule has 0 saturated carbocycles. The number of nitrogen functional groups attached to an aromatic ring is 1. The molecule has 0 radical (unpaired) electrons. The van der Waals surface area contributed by atoms with Crippen LogP contribution in [0.25, 0.3) is 0 Å². The van der Waals surface area contributed by atoms with E-state index in [1.54, 1.807) is 6.26 Å². The summed E-state index contributed by atoms with van der Waals surface area (Å²) in [7, 11) is 0. The van der Waals surface area contributed by atoms with Gasteiger partial charge in [0.2, 0.25) is 0 Å². The van der Waals surface area contributed by atoms with Crippen molar-refractivity contribution in [2.45, 2.75) is 20.4 Å². The van der Waals surface area contributed by atoms with Gasteiger partial charge in [0, 0.05) is 0 Å². The molecule has 3 nitrogen and oxygen atoms in total. The summed E-state index contributed by atoms with van der Waals surface area (Å²) in [6.07, 6.45) is 1.67. The van der Waals surface area contributed by atoms with Crippen LogP contribution in [0.1, 0.15) is 16.9 Å². The highest BCUT2D eigenvalue weighted by Crippen LogP contribution is 2.24. The Morgan fingerprint density at radius 1 is 1.31 bits per heavy atom. The number of furan rings is 1. The zero-order chi connectivity index (χ0) is 11.5. The van der Waals surface area contributed by atoms with Gasteiger partial charge in [0.1, 0.15) is 5.76 Å². The predicted octanol–water partition coefficient (Wildman–Crippen LogP) is 3.09. The zero-order valence-electron chi connectivity index (χ0n) is 9.58. The Hall–Kier alpha value is -1.90. The van der Waals surface area contributed by atoms with Crippen LogP contribution in [0.2, 0.25) is 0 Å². The maximum Gasteiger partial charge on any atom is 0.122 e. The molecule has 84 valence electrons. The second kappa shape index (κ2) is 4.31. The first-order valence-corrected chi connectivity index (χ1v) is 5.30. The quantitative estimate of drug-likeness (QED) is 0.775. The number of hydrogen-bond acceptors (Lipinski definition) is 3. The highest BCUT2D eigenvalue weighted by atomic mass is 16.3. The van der Waals surface area contributed by atoms with Crippen molar-refractivity contribution in [3.05, 3.63) is 47.4 Å². The Morgan fingerprint density at radius 2 is 2.12 bits per heavy atom. The molecule has 3 heteroatoms. The molecular weight excluding hydrogens is 200 g/mol. The lowest BCUT2D eigenvalue weighted by Crippen LogP contribution is -2.03. The summed E-state index contributed by atoms with van der Waals surface area (Å²) in [5.41, 5.74) is 10.1. The first-order valence-electron chi connectivity index (χ1n) is 5.30. The number of nitrogens with one attached hydrogen (secondary N) is 1. The molecule has 0 saturated heterocycles. The molecule has 1 aromatic heterocycles. The lowest BCUT2D eigenvalue weighted by atomic mass is 10.1. The van der Waals surface area contributed by atoms with Crippen molar-refractivity contribution in [1.29, 1.82) is 0 Å². The largest absolute Gasteiger partial charge is 0.467 e. The van der Waals surface area contributed by atoms with Gasteiger partial charge in [0.15, 0.2) is 0 Å². The number of anilines is 2. The first-order chi connectivity index (χ1) is 7.66. The van der Waals surface area contributed by atoms with Crippen molar-refractivity contribution < 1.29 is 4.42 Å². The molecule has 0 aliphatic heterocycles. The van der Waals surface area contributed by atoms with Crippen LogP contribution in [0.15, 0.2) is 34.9 Å². The van der Waals surface area contributed by atoms with Crippen molar-refractivity contribution in [3.63, 3.8) is 0 Å². The molecule has 16 heavy (non-hydrogen) atoms. The molecule has 1 heterocycles. The molecule has 0 aliphatic carbocycles. The lowest BCUT2D eigenvalue weighted by molar-refractivity contribution is 0.518. The van der Waals surface area contributed by atoms with Gasteiger partial charge in [0.05, 0.1) is 24.2 Å². The average Bonchev–Trinajstić information content (AvgIpc) is 2.74. The summed E-state index contributed by atoms with van der Waals surface area (Å²) < 4.78 is 5.25. The Morgan fingerprint density at radius 3 is 2.81 bits per heavy atom. The smallest absolute Gasteiger partial charge is 0.122 e. The summed E-state index contributed by atoms with van der Waals surface area (Å²) in [6.45, 7) is 4.73. The molecule has 0 amide bonds. The van der Waals surface area contributed by atoms with E-state index in [4.69, 9.17) is 10.2 Å². The fourth-order valence-electron chi connectivity index (χ4n) is 1.72. The predicted molar refractivity (Wildman–Crippen MR) is 66.4 cm³/mol. The molecule has 1 aromatic carbocycles. The first kappa shape index (κ1) is 10.6. The molecule has 0 unspecified atom stereocenters. The van der Waals surface area contributed by atoms with Crippen molar-refractivity contribution in [2.75, 3.05) is 11.1 Å². The number of nitrogens with two attached hydrogens (primary N) is 1. The average molecular weight is 216 g/mol. The van der Waals surface area contributed by atoms with Crippen LogP contribution in [-0.2, 0) is 6.54 Å². The molecular formula is C13H16N2O. The minimum Gasteiger partial charge on any atom is -0.467 e. The van der Waals surface area contributed by atoms with Gasteiger partial charge >= 0.3 is 0 Å². The molecule has 3 N–H and O–H groups in total. The van der Waals surface area contributed by atoms with Crippen LogP contribution in [0.3, 0.4) is 0 Å². The Kier molecular flexibility index (Phi) is 2.86. The second-order valence-electron chi connectivity index (χ2n) is 3.98. The number of rotatable bonds is 3. The van der Waals surface area contributed by atoms with Crippen molar-refractivity contribution in [2.24, 2.45) is 0 Å². The van der Waals surface area contributed by atoms with Crippen LogP contribution in [-0.4, -0.2) is 0 Å². The SMILES string of the molecule is Cc1cc(C)c(N)c(NCc2ccco2)c1. The Bertz CT molecular complexity index is 475. The van der Waals surface area contributed by atoms with Crippen LogP contribution < -0.4 is 11.1 Å². The minimum absolute atomic E-state index is 0.653. The van der Waals surface area contributed by atoms with Gasteiger partial charge in [0.25, 0.3) is 0 Å². The van der Waals surface area contributed by atoms with Crippen LogP contribution in [0.4, 0.5) is 11.4 Å². The van der Waals surface area contributed by atoms with E-state index in [2.05, 4.69) is 18.3 Å². The molecule has 2 rings (SSSR count). The van der Waals surface area contributed by atoms with E-state index in [0.29, 0.717) is 6.54 Å². The van der Waals surface area contributed by atoms with Crippen molar-refractivity contribution in [1.82, 2.24) is 0 Å². The second-order valence-corrected chi connectivity index (χ2v) is 3.98. The molecule has 2 aromatic rings. The van der Waals surface area contributed by atoms with Crippen LogP contribution in [0.5, 0.6) is 0 Å². The van der Waals surface area contributed by atoms with Gasteiger partial charge in [-0.15, -0.1) is 0 Å². The zero-order valence-corrected chi connectivity index (χ0v) is 9.58. The van der Waals surface area contributed by atoms with Gasteiger partial charge in [-0.2, -0.15) is 0 Å². The Labute approximate surface area is 95.3 Å². The van der Waals surface area contributed by atoms with E-state index in [9.17, 15) is 0 Å². The summed E-state index contributed by atoms with van der Waals surface area (Å²) in [5.74, 6) is 0.901. The fourth-order valence-corrected chi connectivity index (χ4v) is 1.72. The molecule has 0 atom stereocenters. The fraction of sp³-hybridized carbons (Fsp3) is 0.231. The lowest BCUT2D eigenvalue weighted by Gasteiger charge is -2.11. The maximum absolute atomic E-state index is 6.00. The summed E-state index contributed by atoms with van der Waals surface area (Å²) in [5, 5.41) is 3.28. The summed E-state index contributed by atoms with van der Waals surface area (Å²) >= 11 is 0.